The third-order valence-corrected chi connectivity index (χ3v) is 2.92. The van der Waals surface area contributed by atoms with Crippen molar-refractivity contribution in [2.24, 2.45) is 5.92 Å². The molecule has 0 radical (unpaired) electrons. The molecule has 1 aliphatic carbocycles. The Hall–Kier alpha value is -1.06. The molecule has 1 rings (SSSR count). The van der Waals surface area contributed by atoms with Crippen molar-refractivity contribution in [1.29, 1.82) is 0 Å². The van der Waals surface area contributed by atoms with Crippen molar-refractivity contribution in [3.8, 4) is 0 Å². The first kappa shape index (κ1) is 13.0. The monoisotopic (exact) mass is 227 g/mol. The lowest BCUT2D eigenvalue weighted by molar-refractivity contribution is -0.110. The van der Waals surface area contributed by atoms with Gasteiger partial charge in [-0.2, -0.15) is 0 Å². The molecule has 4 nitrogen and oxygen atoms in total. The van der Waals surface area contributed by atoms with E-state index in [9.17, 15) is 9.59 Å². The minimum atomic E-state index is -0.453. The Morgan fingerprint density at radius 3 is 2.75 bits per heavy atom. The molecule has 4 heteroatoms. The van der Waals surface area contributed by atoms with E-state index in [1.54, 1.807) is 0 Å². The maximum absolute atomic E-state index is 11.2. The Labute approximate surface area is 96.7 Å². The van der Waals surface area contributed by atoms with Gasteiger partial charge in [-0.05, 0) is 12.3 Å². The number of amides is 1. The fraction of sp³-hybridized carbons (Fsp3) is 0.833. The summed E-state index contributed by atoms with van der Waals surface area (Å²) >= 11 is 0. The molecule has 0 bridgehead atoms. The van der Waals surface area contributed by atoms with Crippen LogP contribution in [-0.4, -0.2) is 24.5 Å². The largest absolute Gasteiger partial charge is 0.449 e. The van der Waals surface area contributed by atoms with Gasteiger partial charge < -0.3 is 10.1 Å². The van der Waals surface area contributed by atoms with E-state index in [4.69, 9.17) is 4.74 Å². The van der Waals surface area contributed by atoms with E-state index in [1.807, 2.05) is 0 Å². The van der Waals surface area contributed by atoms with Crippen molar-refractivity contribution in [3.05, 3.63) is 0 Å². The lowest BCUT2D eigenvalue weighted by atomic mass is 10.0. The first-order chi connectivity index (χ1) is 7.67. The topological polar surface area (TPSA) is 55.4 Å². The maximum atomic E-state index is 11.2. The highest BCUT2D eigenvalue weighted by Crippen LogP contribution is 2.15. The summed E-state index contributed by atoms with van der Waals surface area (Å²) in [4.78, 5) is 21.9. The second-order valence-electron chi connectivity index (χ2n) is 4.38. The molecule has 0 aromatic carbocycles. The van der Waals surface area contributed by atoms with Gasteiger partial charge in [0.05, 0.1) is 12.6 Å². The molecule has 0 spiro atoms. The molecular weight excluding hydrogens is 206 g/mol. The van der Waals surface area contributed by atoms with Gasteiger partial charge in [0.2, 0.25) is 0 Å². The molecule has 0 saturated heterocycles. The van der Waals surface area contributed by atoms with Crippen molar-refractivity contribution >= 4 is 11.9 Å². The van der Waals surface area contributed by atoms with Crippen LogP contribution in [0.1, 0.15) is 46.0 Å². The molecule has 1 fully saturated rings. The van der Waals surface area contributed by atoms with Gasteiger partial charge in [-0.1, -0.05) is 33.1 Å². The minimum Gasteiger partial charge on any atom is -0.449 e. The van der Waals surface area contributed by atoms with Crippen molar-refractivity contribution in [2.45, 2.75) is 52.0 Å². The minimum absolute atomic E-state index is 0.0926. The zero-order chi connectivity index (χ0) is 12.0. The fourth-order valence-corrected chi connectivity index (χ4v) is 1.55. The average molecular weight is 227 g/mol. The normalized spacial score (nSPS) is 20.4. The molecule has 1 aliphatic rings. The summed E-state index contributed by atoms with van der Waals surface area (Å²) < 4.78 is 5.09. The lowest BCUT2D eigenvalue weighted by Gasteiger charge is -2.14. The van der Waals surface area contributed by atoms with Crippen LogP contribution >= 0.6 is 0 Å². The molecule has 1 N–H and O–H groups in total. The van der Waals surface area contributed by atoms with Crippen LogP contribution in [0.15, 0.2) is 0 Å². The summed E-state index contributed by atoms with van der Waals surface area (Å²) in [6.07, 6.45) is 4.47. The van der Waals surface area contributed by atoms with Crippen molar-refractivity contribution in [3.63, 3.8) is 0 Å². The average Bonchev–Trinajstić information content (AvgIpc) is 2.94. The Morgan fingerprint density at radius 2 is 2.25 bits per heavy atom. The quantitative estimate of drug-likeness (QED) is 0.726. The second kappa shape index (κ2) is 6.51. The van der Waals surface area contributed by atoms with Gasteiger partial charge in [-0.25, -0.2) is 4.79 Å². The summed E-state index contributed by atoms with van der Waals surface area (Å²) in [5, 5.41) is 2.53. The molecule has 2 atom stereocenters. The Morgan fingerprint density at radius 1 is 1.56 bits per heavy atom. The Balaban J connectivity index is 2.10. The SMILES string of the molecule is CCCCC(CC)COC(=O)NC1CC1=O. The van der Waals surface area contributed by atoms with Crippen LogP contribution in [0.3, 0.4) is 0 Å². The number of hydrogen-bond donors (Lipinski definition) is 1. The van der Waals surface area contributed by atoms with Crippen molar-refractivity contribution in [1.82, 2.24) is 5.32 Å². The highest BCUT2D eigenvalue weighted by atomic mass is 16.5. The molecule has 0 aromatic heterocycles. The van der Waals surface area contributed by atoms with Crippen LogP contribution in [0.4, 0.5) is 4.79 Å². The predicted molar refractivity (Wildman–Crippen MR) is 61.2 cm³/mol. The summed E-state index contributed by atoms with van der Waals surface area (Å²) in [6.45, 7) is 4.72. The summed E-state index contributed by atoms with van der Waals surface area (Å²) in [5.41, 5.74) is 0. The molecule has 16 heavy (non-hydrogen) atoms. The van der Waals surface area contributed by atoms with Crippen LogP contribution in [0.2, 0.25) is 0 Å². The standard InChI is InChI=1S/C12H21NO3/c1-3-5-6-9(4-2)8-16-12(15)13-10-7-11(10)14/h9-10H,3-8H2,1-2H3,(H,13,15). The van der Waals surface area contributed by atoms with Gasteiger partial charge in [0.1, 0.15) is 0 Å². The highest BCUT2D eigenvalue weighted by Gasteiger charge is 2.36. The van der Waals surface area contributed by atoms with E-state index in [-0.39, 0.29) is 11.8 Å². The number of hydrogen-bond acceptors (Lipinski definition) is 3. The number of rotatable bonds is 7. The third kappa shape index (κ3) is 4.64. The maximum Gasteiger partial charge on any atom is 0.407 e. The zero-order valence-corrected chi connectivity index (χ0v) is 10.1. The van der Waals surface area contributed by atoms with Gasteiger partial charge >= 0.3 is 6.09 Å². The molecule has 1 amide bonds. The Bertz CT molecular complexity index is 253. The van der Waals surface area contributed by atoms with Gasteiger partial charge in [0.15, 0.2) is 5.78 Å². The van der Waals surface area contributed by atoms with Crippen LogP contribution < -0.4 is 5.32 Å². The van der Waals surface area contributed by atoms with Gasteiger partial charge in [-0.3, -0.25) is 4.79 Å². The zero-order valence-electron chi connectivity index (χ0n) is 10.1. The summed E-state index contributed by atoms with van der Waals surface area (Å²) in [6, 6.07) is -0.275. The first-order valence-corrected chi connectivity index (χ1v) is 6.13. The Kier molecular flexibility index (Phi) is 5.29. The van der Waals surface area contributed by atoms with Crippen LogP contribution in [0.5, 0.6) is 0 Å². The van der Waals surface area contributed by atoms with Gasteiger partial charge in [0.25, 0.3) is 0 Å². The lowest BCUT2D eigenvalue weighted by Crippen LogP contribution is -2.29. The molecule has 0 heterocycles. The van der Waals surface area contributed by atoms with E-state index >= 15 is 0 Å². The number of unbranched alkanes of at least 4 members (excludes halogenated alkanes) is 1. The summed E-state index contributed by atoms with van der Waals surface area (Å²) in [7, 11) is 0. The van der Waals surface area contributed by atoms with E-state index in [1.165, 1.54) is 12.8 Å². The number of Topliss-reactive ketones (excluding diaryl/α,β-unsaturated/α-hetero) is 1. The third-order valence-electron chi connectivity index (χ3n) is 2.92. The molecule has 0 aliphatic heterocycles. The van der Waals surface area contributed by atoms with Crippen LogP contribution in [0, 0.1) is 5.92 Å². The summed E-state index contributed by atoms with van der Waals surface area (Å²) in [5.74, 6) is 0.538. The van der Waals surface area contributed by atoms with Gasteiger partial charge in [-0.15, -0.1) is 0 Å². The van der Waals surface area contributed by atoms with Crippen LogP contribution in [-0.2, 0) is 9.53 Å². The smallest absolute Gasteiger partial charge is 0.407 e. The molecule has 2 unspecified atom stereocenters. The number of ketones is 1. The molecular formula is C12H21NO3. The number of alkyl carbamates (subject to hydrolysis) is 1. The molecule has 0 aromatic rings. The van der Waals surface area contributed by atoms with E-state index < -0.39 is 6.09 Å². The van der Waals surface area contributed by atoms with E-state index in [2.05, 4.69) is 19.2 Å². The molecule has 92 valence electrons. The number of carbonyl (C=O) groups is 2. The first-order valence-electron chi connectivity index (χ1n) is 6.13. The van der Waals surface area contributed by atoms with Crippen molar-refractivity contribution < 1.29 is 14.3 Å². The number of ether oxygens (including phenoxy) is 1. The van der Waals surface area contributed by atoms with E-state index in [0.29, 0.717) is 18.9 Å². The van der Waals surface area contributed by atoms with E-state index in [0.717, 1.165) is 12.8 Å². The van der Waals surface area contributed by atoms with Gasteiger partial charge in [0, 0.05) is 6.42 Å². The number of nitrogens with one attached hydrogen (secondary N) is 1. The van der Waals surface area contributed by atoms with Crippen LogP contribution in [0.25, 0.3) is 0 Å². The van der Waals surface area contributed by atoms with Crippen molar-refractivity contribution in [2.75, 3.05) is 6.61 Å². The second-order valence-corrected chi connectivity index (χ2v) is 4.38. The molecule has 1 saturated carbocycles. The highest BCUT2D eigenvalue weighted by molar-refractivity contribution is 6.02. The number of carbonyl (C=O) groups excluding carboxylic acids is 2. The predicted octanol–water partition coefficient (Wildman–Crippen LogP) is 2.27. The fourth-order valence-electron chi connectivity index (χ4n) is 1.55.